The quantitative estimate of drug-likeness (QED) is 0.629. The zero-order valence-corrected chi connectivity index (χ0v) is 10.9. The summed E-state index contributed by atoms with van der Waals surface area (Å²) in [4.78, 5) is 8.21. The molecular weight excluding hydrogens is 236 g/mol. The molecule has 1 aromatic heterocycles. The molecule has 2 rings (SSSR count). The van der Waals surface area contributed by atoms with E-state index >= 15 is 0 Å². The van der Waals surface area contributed by atoms with Gasteiger partial charge in [0.2, 0.25) is 5.28 Å². The highest BCUT2D eigenvalue weighted by atomic mass is 35.5. The molecule has 94 valence electrons. The zero-order valence-electron chi connectivity index (χ0n) is 10.2. The van der Waals surface area contributed by atoms with E-state index in [1.165, 1.54) is 38.5 Å². The molecule has 1 aliphatic rings. The lowest BCUT2D eigenvalue weighted by Gasteiger charge is -2.18. The first-order valence-electron chi connectivity index (χ1n) is 6.23. The van der Waals surface area contributed by atoms with Gasteiger partial charge in [-0.15, -0.1) is 0 Å². The highest BCUT2D eigenvalue weighted by Crippen LogP contribution is 2.25. The van der Waals surface area contributed by atoms with E-state index in [1.807, 2.05) is 6.92 Å². The van der Waals surface area contributed by atoms with Crippen molar-refractivity contribution in [3.8, 4) is 0 Å². The Bertz CT molecular complexity index is 386. The van der Waals surface area contributed by atoms with E-state index in [2.05, 4.69) is 15.3 Å². The van der Waals surface area contributed by atoms with Crippen molar-refractivity contribution >= 4 is 23.1 Å². The number of nitrogens with two attached hydrogens (primary N) is 1. The maximum atomic E-state index is 5.96. The smallest absolute Gasteiger partial charge is 0.224 e. The molecule has 17 heavy (non-hydrogen) atoms. The lowest BCUT2D eigenvalue weighted by atomic mass is 10.1. The van der Waals surface area contributed by atoms with Gasteiger partial charge in [0.05, 0.1) is 11.4 Å². The predicted octanol–water partition coefficient (Wildman–Crippen LogP) is 3.16. The van der Waals surface area contributed by atoms with E-state index in [1.54, 1.807) is 0 Å². The lowest BCUT2D eigenvalue weighted by Crippen LogP contribution is -2.20. The summed E-state index contributed by atoms with van der Waals surface area (Å²) in [5.41, 5.74) is 7.31. The summed E-state index contributed by atoms with van der Waals surface area (Å²) in [5, 5.41) is 3.67. The number of rotatable bonds is 2. The minimum atomic E-state index is 0.257. The number of hydrogen-bond donors (Lipinski definition) is 2. The van der Waals surface area contributed by atoms with Crippen molar-refractivity contribution < 1.29 is 0 Å². The maximum absolute atomic E-state index is 5.96. The predicted molar refractivity (Wildman–Crippen MR) is 71.3 cm³/mol. The molecule has 0 saturated heterocycles. The molecule has 0 radical (unpaired) electrons. The molecule has 0 spiro atoms. The van der Waals surface area contributed by atoms with Crippen LogP contribution in [0.3, 0.4) is 0 Å². The van der Waals surface area contributed by atoms with Crippen LogP contribution in [0.4, 0.5) is 11.5 Å². The van der Waals surface area contributed by atoms with Crippen molar-refractivity contribution in [3.05, 3.63) is 11.0 Å². The Balaban J connectivity index is 2.11. The first-order valence-corrected chi connectivity index (χ1v) is 6.61. The van der Waals surface area contributed by atoms with Gasteiger partial charge in [-0.2, -0.15) is 4.98 Å². The highest BCUT2D eigenvalue weighted by Gasteiger charge is 2.15. The Kier molecular flexibility index (Phi) is 4.05. The highest BCUT2D eigenvalue weighted by molar-refractivity contribution is 6.28. The van der Waals surface area contributed by atoms with Crippen LogP contribution >= 0.6 is 11.6 Å². The summed E-state index contributed by atoms with van der Waals surface area (Å²) in [7, 11) is 0. The number of nitrogen functional groups attached to an aromatic ring is 1. The van der Waals surface area contributed by atoms with Crippen molar-refractivity contribution in [3.63, 3.8) is 0 Å². The van der Waals surface area contributed by atoms with Crippen molar-refractivity contribution in [1.82, 2.24) is 9.97 Å². The van der Waals surface area contributed by atoms with Crippen molar-refractivity contribution in [1.29, 1.82) is 0 Å². The average Bonchev–Trinajstić information content (AvgIpc) is 2.54. The first kappa shape index (κ1) is 12.4. The summed E-state index contributed by atoms with van der Waals surface area (Å²) >= 11 is 5.85. The number of aryl methyl sites for hydroxylation is 1. The second-order valence-corrected chi connectivity index (χ2v) is 5.01. The van der Waals surface area contributed by atoms with E-state index in [0.717, 1.165) is 5.69 Å². The number of anilines is 2. The zero-order chi connectivity index (χ0) is 12.3. The molecule has 0 atom stereocenters. The second-order valence-electron chi connectivity index (χ2n) is 4.67. The van der Waals surface area contributed by atoms with Crippen LogP contribution in [0.25, 0.3) is 0 Å². The minimum absolute atomic E-state index is 0.257. The van der Waals surface area contributed by atoms with Gasteiger partial charge < -0.3 is 11.1 Å². The molecule has 0 aromatic carbocycles. The Hall–Kier alpha value is -1.03. The monoisotopic (exact) mass is 254 g/mol. The summed E-state index contributed by atoms with van der Waals surface area (Å²) in [6.45, 7) is 1.85. The van der Waals surface area contributed by atoms with Crippen molar-refractivity contribution in [2.45, 2.75) is 51.5 Å². The van der Waals surface area contributed by atoms with Crippen LogP contribution in [-0.4, -0.2) is 16.0 Å². The maximum Gasteiger partial charge on any atom is 0.224 e. The van der Waals surface area contributed by atoms with Gasteiger partial charge in [-0.3, -0.25) is 0 Å². The molecule has 1 saturated carbocycles. The summed E-state index contributed by atoms with van der Waals surface area (Å²) in [5.74, 6) is 0.689. The summed E-state index contributed by atoms with van der Waals surface area (Å²) in [6.07, 6.45) is 7.57. The third-order valence-corrected chi connectivity index (χ3v) is 3.47. The average molecular weight is 255 g/mol. The number of halogens is 1. The van der Waals surface area contributed by atoms with Crippen molar-refractivity contribution in [2.24, 2.45) is 0 Å². The van der Waals surface area contributed by atoms with Gasteiger partial charge in [0.15, 0.2) is 5.82 Å². The largest absolute Gasteiger partial charge is 0.394 e. The molecule has 5 heteroatoms. The lowest BCUT2D eigenvalue weighted by molar-refractivity contribution is 0.617. The molecule has 1 aromatic rings. The molecule has 0 aliphatic heterocycles. The van der Waals surface area contributed by atoms with Gasteiger partial charge in [0, 0.05) is 6.04 Å². The van der Waals surface area contributed by atoms with Gasteiger partial charge in [-0.25, -0.2) is 4.98 Å². The topological polar surface area (TPSA) is 63.8 Å². The molecule has 4 nitrogen and oxygen atoms in total. The Labute approximate surface area is 107 Å². The fourth-order valence-electron chi connectivity index (χ4n) is 2.27. The van der Waals surface area contributed by atoms with E-state index in [4.69, 9.17) is 17.3 Å². The molecule has 1 aliphatic carbocycles. The van der Waals surface area contributed by atoms with Gasteiger partial charge in [-0.05, 0) is 31.4 Å². The van der Waals surface area contributed by atoms with E-state index in [-0.39, 0.29) is 5.28 Å². The van der Waals surface area contributed by atoms with Gasteiger partial charge in [0.1, 0.15) is 0 Å². The van der Waals surface area contributed by atoms with Gasteiger partial charge in [-0.1, -0.05) is 25.7 Å². The number of hydrogen-bond acceptors (Lipinski definition) is 4. The van der Waals surface area contributed by atoms with Gasteiger partial charge in [0.25, 0.3) is 0 Å². The third kappa shape index (κ3) is 3.22. The van der Waals surface area contributed by atoms with Crippen LogP contribution in [0.2, 0.25) is 5.28 Å². The Morgan fingerprint density at radius 2 is 1.82 bits per heavy atom. The molecule has 1 heterocycles. The summed E-state index contributed by atoms with van der Waals surface area (Å²) in [6, 6.07) is 0.463. The number of aromatic nitrogens is 2. The number of nitrogens with zero attached hydrogens (tertiary/aromatic N) is 2. The van der Waals surface area contributed by atoms with Gasteiger partial charge >= 0.3 is 0 Å². The Morgan fingerprint density at radius 1 is 1.18 bits per heavy atom. The normalized spacial score (nSPS) is 17.8. The Morgan fingerprint density at radius 3 is 2.47 bits per heavy atom. The van der Waals surface area contributed by atoms with Crippen LogP contribution in [0.5, 0.6) is 0 Å². The van der Waals surface area contributed by atoms with Crippen molar-refractivity contribution in [2.75, 3.05) is 11.1 Å². The van der Waals surface area contributed by atoms with Crippen LogP contribution in [0.15, 0.2) is 0 Å². The molecule has 0 bridgehead atoms. The number of nitrogens with one attached hydrogen (secondary N) is 1. The van der Waals surface area contributed by atoms with Crippen LogP contribution in [-0.2, 0) is 0 Å². The molecular formula is C12H19ClN4. The van der Waals surface area contributed by atoms with Crippen LogP contribution in [0, 0.1) is 6.92 Å². The second kappa shape index (κ2) is 5.54. The fourth-order valence-corrected chi connectivity index (χ4v) is 2.49. The molecule has 0 unspecified atom stereocenters. The molecule has 1 fully saturated rings. The standard InChI is InChI=1S/C12H19ClN4/c1-8-10(14)11(17-12(13)15-8)16-9-6-4-2-3-5-7-9/h9H,2-7,14H2,1H3,(H,15,16,17). The first-order chi connectivity index (χ1) is 8.16. The van der Waals surface area contributed by atoms with E-state index in [9.17, 15) is 0 Å². The van der Waals surface area contributed by atoms with E-state index < -0.39 is 0 Å². The molecule has 0 amide bonds. The molecule has 3 N–H and O–H groups in total. The third-order valence-electron chi connectivity index (χ3n) is 3.30. The van der Waals surface area contributed by atoms with Crippen LogP contribution in [0.1, 0.15) is 44.2 Å². The van der Waals surface area contributed by atoms with Crippen LogP contribution < -0.4 is 11.1 Å². The summed E-state index contributed by atoms with van der Waals surface area (Å²) < 4.78 is 0. The fraction of sp³-hybridized carbons (Fsp3) is 0.667. The minimum Gasteiger partial charge on any atom is -0.394 e. The van der Waals surface area contributed by atoms with E-state index in [0.29, 0.717) is 17.5 Å². The SMILES string of the molecule is Cc1nc(Cl)nc(NC2CCCCCC2)c1N.